The number of ketones is 1. The van der Waals surface area contributed by atoms with Crippen molar-refractivity contribution in [1.29, 1.82) is 0 Å². The molecule has 5 nitrogen and oxygen atoms in total. The van der Waals surface area contributed by atoms with E-state index in [2.05, 4.69) is 5.32 Å². The Morgan fingerprint density at radius 1 is 1.19 bits per heavy atom. The molecule has 2 atom stereocenters. The lowest BCUT2D eigenvalue weighted by molar-refractivity contribution is -0.174. The third-order valence-corrected chi connectivity index (χ3v) is 7.58. The van der Waals surface area contributed by atoms with Crippen LogP contribution in [0, 0.1) is 31.1 Å². The summed E-state index contributed by atoms with van der Waals surface area (Å²) in [6.45, 7) is 5.24. The molecular weight excluding hydrogens is 362 g/mol. The van der Waals surface area contributed by atoms with Crippen LogP contribution in [0.3, 0.4) is 0 Å². The molecule has 0 aliphatic heterocycles. The van der Waals surface area contributed by atoms with Gasteiger partial charge in [0.1, 0.15) is 0 Å². The summed E-state index contributed by atoms with van der Waals surface area (Å²) in [5.41, 5.74) is -0.141. The van der Waals surface area contributed by atoms with E-state index in [1.807, 2.05) is 19.9 Å². The van der Waals surface area contributed by atoms with Gasteiger partial charge in [-0.25, -0.2) is 0 Å². The Balaban J connectivity index is 1.47. The van der Waals surface area contributed by atoms with Gasteiger partial charge in [0.15, 0.2) is 6.61 Å². The largest absolute Gasteiger partial charge is 0.457 e. The molecule has 1 N–H and O–H groups in total. The number of rotatable bonds is 5. The molecule has 146 valence electrons. The fourth-order valence-corrected chi connectivity index (χ4v) is 7.23. The van der Waals surface area contributed by atoms with Gasteiger partial charge in [0, 0.05) is 27.8 Å². The quantitative estimate of drug-likeness (QED) is 0.617. The molecule has 4 fully saturated rings. The lowest BCUT2D eigenvalue weighted by Crippen LogP contribution is -2.64. The molecule has 1 aromatic heterocycles. The Morgan fingerprint density at radius 3 is 2.41 bits per heavy atom. The molecule has 5 rings (SSSR count). The maximum absolute atomic E-state index is 13.1. The van der Waals surface area contributed by atoms with Crippen molar-refractivity contribution in [2.24, 2.45) is 17.3 Å². The van der Waals surface area contributed by atoms with E-state index in [-0.39, 0.29) is 29.8 Å². The van der Waals surface area contributed by atoms with Crippen molar-refractivity contribution >= 4 is 29.0 Å². The normalized spacial score (nSPS) is 33.7. The number of hydrogen-bond donors (Lipinski definition) is 1. The number of esters is 1. The molecule has 4 aliphatic carbocycles. The third-order valence-electron chi connectivity index (χ3n) is 6.61. The van der Waals surface area contributed by atoms with E-state index in [0.29, 0.717) is 23.8 Å². The van der Waals surface area contributed by atoms with Crippen molar-refractivity contribution < 1.29 is 19.1 Å². The Labute approximate surface area is 163 Å². The van der Waals surface area contributed by atoms with Crippen LogP contribution in [0.5, 0.6) is 0 Å². The van der Waals surface area contributed by atoms with E-state index >= 15 is 0 Å². The highest BCUT2D eigenvalue weighted by molar-refractivity contribution is 7.12. The lowest BCUT2D eigenvalue weighted by atomic mass is 9.47. The molecule has 4 bridgehead atoms. The zero-order valence-corrected chi connectivity index (χ0v) is 17.0. The van der Waals surface area contributed by atoms with E-state index in [1.54, 1.807) is 18.3 Å². The summed E-state index contributed by atoms with van der Waals surface area (Å²) >= 11 is 1.58. The molecule has 4 saturated carbocycles. The fourth-order valence-electron chi connectivity index (χ4n) is 6.29. The van der Waals surface area contributed by atoms with Gasteiger partial charge in [-0.15, -0.1) is 11.3 Å². The van der Waals surface area contributed by atoms with Gasteiger partial charge in [-0.2, -0.15) is 0 Å². The average molecular weight is 390 g/mol. The first-order chi connectivity index (χ1) is 12.7. The standard InChI is InChI=1S/C21H27NO4S/c1-12-4-17(13(2)27-12)18(24)10-26-19(25)20-6-15-5-16(7-20)9-21(8-15,11-20)22-14(3)23/h4,15-16H,5-11H2,1-3H3,(H,22,23)/t15-,16-,20?,21?/m1/s1. The molecule has 6 heteroatoms. The summed E-state index contributed by atoms with van der Waals surface area (Å²) in [5, 5.41) is 3.16. The summed E-state index contributed by atoms with van der Waals surface area (Å²) < 4.78 is 5.56. The van der Waals surface area contributed by atoms with Gasteiger partial charge in [-0.3, -0.25) is 14.4 Å². The topological polar surface area (TPSA) is 72.5 Å². The molecule has 0 aromatic carbocycles. The number of hydrogen-bond acceptors (Lipinski definition) is 5. The molecule has 0 radical (unpaired) electrons. The monoisotopic (exact) mass is 389 g/mol. The van der Waals surface area contributed by atoms with Crippen LogP contribution in [-0.2, 0) is 14.3 Å². The number of carbonyl (C=O) groups excluding carboxylic acids is 3. The number of nitrogens with one attached hydrogen (secondary N) is 1. The predicted octanol–water partition coefficient (Wildman–Crippen LogP) is 3.57. The molecule has 1 heterocycles. The first kappa shape index (κ1) is 18.7. The summed E-state index contributed by atoms with van der Waals surface area (Å²) in [7, 11) is 0. The van der Waals surface area contributed by atoms with Gasteiger partial charge in [-0.1, -0.05) is 0 Å². The van der Waals surface area contributed by atoms with Crippen LogP contribution in [0.1, 0.15) is 65.6 Å². The van der Waals surface area contributed by atoms with Crippen molar-refractivity contribution in [3.8, 4) is 0 Å². The smallest absolute Gasteiger partial charge is 0.312 e. The van der Waals surface area contributed by atoms with Crippen LogP contribution in [0.15, 0.2) is 6.07 Å². The SMILES string of the molecule is CC(=O)NC12C[C@@H]3C[C@@H](C1)CC(C(=O)OCC(=O)c1cc(C)sc1C)(C3)C2. The maximum atomic E-state index is 13.1. The minimum atomic E-state index is -0.535. The first-order valence-corrected chi connectivity index (χ1v) is 10.6. The van der Waals surface area contributed by atoms with Gasteiger partial charge >= 0.3 is 5.97 Å². The zero-order chi connectivity index (χ0) is 19.4. The Morgan fingerprint density at radius 2 is 1.85 bits per heavy atom. The predicted molar refractivity (Wildman–Crippen MR) is 103 cm³/mol. The van der Waals surface area contributed by atoms with Crippen LogP contribution in [0.4, 0.5) is 0 Å². The molecular formula is C21H27NO4S. The summed E-state index contributed by atoms with van der Waals surface area (Å²) in [5.74, 6) is 0.515. The Bertz CT molecular complexity index is 797. The number of ether oxygens (including phenoxy) is 1. The molecule has 4 aliphatic rings. The van der Waals surface area contributed by atoms with Crippen molar-refractivity contribution in [2.75, 3.05) is 6.61 Å². The molecule has 0 saturated heterocycles. The maximum Gasteiger partial charge on any atom is 0.312 e. The number of amides is 1. The first-order valence-electron chi connectivity index (χ1n) is 9.77. The van der Waals surface area contributed by atoms with Gasteiger partial charge in [0.05, 0.1) is 5.41 Å². The van der Waals surface area contributed by atoms with E-state index in [9.17, 15) is 14.4 Å². The van der Waals surface area contributed by atoms with Crippen LogP contribution in [-0.4, -0.2) is 29.8 Å². The molecule has 0 spiro atoms. The molecule has 1 aromatic rings. The second-order valence-corrected chi connectivity index (χ2v) is 10.5. The number of aryl methyl sites for hydroxylation is 2. The van der Waals surface area contributed by atoms with Crippen LogP contribution in [0.25, 0.3) is 0 Å². The summed E-state index contributed by atoms with van der Waals surface area (Å²) in [4.78, 5) is 39.3. The van der Waals surface area contributed by atoms with E-state index < -0.39 is 5.41 Å². The van der Waals surface area contributed by atoms with E-state index in [0.717, 1.165) is 41.9 Å². The van der Waals surface area contributed by atoms with Crippen LogP contribution >= 0.6 is 11.3 Å². The number of carbonyl (C=O) groups is 3. The lowest BCUT2D eigenvalue weighted by Gasteiger charge is -2.60. The fraction of sp³-hybridized carbons (Fsp3) is 0.667. The molecule has 1 amide bonds. The van der Waals surface area contributed by atoms with Gasteiger partial charge < -0.3 is 10.1 Å². The number of thiophene rings is 1. The second-order valence-electron chi connectivity index (χ2n) is 9.03. The zero-order valence-electron chi connectivity index (χ0n) is 16.2. The van der Waals surface area contributed by atoms with Gasteiger partial charge in [-0.05, 0) is 70.3 Å². The van der Waals surface area contributed by atoms with Gasteiger partial charge in [0.25, 0.3) is 0 Å². The Kier molecular flexibility index (Phi) is 4.45. The van der Waals surface area contributed by atoms with E-state index in [4.69, 9.17) is 4.74 Å². The van der Waals surface area contributed by atoms with Crippen molar-refractivity contribution in [2.45, 2.75) is 64.8 Å². The highest BCUT2D eigenvalue weighted by Gasteiger charge is 2.61. The average Bonchev–Trinajstić information content (AvgIpc) is 2.88. The van der Waals surface area contributed by atoms with Crippen LogP contribution in [0.2, 0.25) is 0 Å². The highest BCUT2D eigenvalue weighted by atomic mass is 32.1. The number of Topliss-reactive ketones (excluding diaryl/α,β-unsaturated/α-hetero) is 1. The minimum absolute atomic E-state index is 0.0288. The van der Waals surface area contributed by atoms with Crippen LogP contribution < -0.4 is 5.32 Å². The molecule has 0 unspecified atom stereocenters. The van der Waals surface area contributed by atoms with Crippen molar-refractivity contribution in [1.82, 2.24) is 5.32 Å². The van der Waals surface area contributed by atoms with Crippen molar-refractivity contribution in [3.63, 3.8) is 0 Å². The Hall–Kier alpha value is -1.69. The highest BCUT2D eigenvalue weighted by Crippen LogP contribution is 2.62. The summed E-state index contributed by atoms with van der Waals surface area (Å²) in [6, 6.07) is 1.87. The van der Waals surface area contributed by atoms with E-state index in [1.165, 1.54) is 0 Å². The summed E-state index contributed by atoms with van der Waals surface area (Å²) in [6.07, 6.45) is 5.37. The minimum Gasteiger partial charge on any atom is -0.457 e. The molecule has 27 heavy (non-hydrogen) atoms. The third kappa shape index (κ3) is 3.33. The second kappa shape index (κ2) is 6.43. The van der Waals surface area contributed by atoms with Gasteiger partial charge in [0.2, 0.25) is 11.7 Å². The van der Waals surface area contributed by atoms with Crippen molar-refractivity contribution in [3.05, 3.63) is 21.4 Å².